The monoisotopic (exact) mass is 302 g/mol. The van der Waals surface area contributed by atoms with Crippen LogP contribution >= 0.6 is 22.6 Å². The summed E-state index contributed by atoms with van der Waals surface area (Å²) in [5.74, 6) is 0.945. The lowest BCUT2D eigenvalue weighted by Crippen LogP contribution is -1.96. The number of unbranched alkanes of at least 4 members (excludes halogenated alkanes) is 1. The minimum absolute atomic E-state index is 0.799. The van der Waals surface area contributed by atoms with Gasteiger partial charge in [-0.05, 0) is 52.8 Å². The molecule has 1 aromatic rings. The second-order valence-electron chi connectivity index (χ2n) is 3.13. The van der Waals surface area contributed by atoms with Crippen molar-refractivity contribution in [1.82, 2.24) is 0 Å². The van der Waals surface area contributed by atoms with Gasteiger partial charge in [-0.2, -0.15) is 0 Å². The van der Waals surface area contributed by atoms with E-state index in [2.05, 4.69) is 42.2 Å². The Bertz CT molecular complexity index is 307. The fourth-order valence-corrected chi connectivity index (χ4v) is 1.79. The summed E-state index contributed by atoms with van der Waals surface area (Å²) in [5, 5.41) is 0. The molecule has 1 nitrogen and oxygen atoms in total. The minimum atomic E-state index is 0.799. The van der Waals surface area contributed by atoms with Crippen LogP contribution in [0.4, 0.5) is 0 Å². The van der Waals surface area contributed by atoms with Crippen molar-refractivity contribution in [2.75, 3.05) is 6.61 Å². The van der Waals surface area contributed by atoms with Crippen LogP contribution in [0.25, 0.3) is 6.08 Å². The van der Waals surface area contributed by atoms with Crippen molar-refractivity contribution in [3.8, 4) is 5.75 Å². The Kier molecular flexibility index (Phi) is 5.01. The molecule has 0 unspecified atom stereocenters. The molecule has 1 rings (SSSR count). The van der Waals surface area contributed by atoms with Crippen LogP contribution in [0, 0.1) is 3.57 Å². The third-order valence-corrected chi connectivity index (χ3v) is 2.52. The first kappa shape index (κ1) is 11.6. The van der Waals surface area contributed by atoms with Crippen LogP contribution in [0.3, 0.4) is 0 Å². The number of hydrogen-bond donors (Lipinski definition) is 0. The first-order valence-corrected chi connectivity index (χ1v) is 5.90. The van der Waals surface area contributed by atoms with Crippen molar-refractivity contribution >= 4 is 28.7 Å². The van der Waals surface area contributed by atoms with Crippen molar-refractivity contribution in [3.63, 3.8) is 0 Å². The van der Waals surface area contributed by atoms with E-state index >= 15 is 0 Å². The van der Waals surface area contributed by atoms with Gasteiger partial charge in [-0.25, -0.2) is 0 Å². The normalized spacial score (nSPS) is 9.86. The molecule has 2 heteroatoms. The Morgan fingerprint density at radius 2 is 2.21 bits per heavy atom. The smallest absolute Gasteiger partial charge is 0.120 e. The van der Waals surface area contributed by atoms with Gasteiger partial charge in [0, 0.05) is 3.57 Å². The van der Waals surface area contributed by atoms with Crippen LogP contribution in [-0.4, -0.2) is 6.61 Å². The molecule has 1 aromatic carbocycles. The molecule has 0 heterocycles. The molecule has 0 atom stereocenters. The van der Waals surface area contributed by atoms with E-state index in [9.17, 15) is 0 Å². The fourth-order valence-electron chi connectivity index (χ4n) is 1.12. The summed E-state index contributed by atoms with van der Waals surface area (Å²) in [6.07, 6.45) is 4.11. The summed E-state index contributed by atoms with van der Waals surface area (Å²) < 4.78 is 6.80. The first-order valence-electron chi connectivity index (χ1n) is 4.82. The Morgan fingerprint density at radius 1 is 1.43 bits per heavy atom. The third-order valence-electron chi connectivity index (χ3n) is 1.90. The van der Waals surface area contributed by atoms with E-state index in [0.717, 1.165) is 30.8 Å². The van der Waals surface area contributed by atoms with E-state index in [4.69, 9.17) is 4.74 Å². The van der Waals surface area contributed by atoms with Gasteiger partial charge in [-0.3, -0.25) is 0 Å². The molecule has 0 fully saturated rings. The average Bonchev–Trinajstić information content (AvgIpc) is 2.17. The molecule has 0 aliphatic rings. The lowest BCUT2D eigenvalue weighted by Gasteiger charge is -2.06. The predicted molar refractivity (Wildman–Crippen MR) is 69.7 cm³/mol. The number of benzene rings is 1. The maximum absolute atomic E-state index is 5.62. The van der Waals surface area contributed by atoms with E-state index in [1.54, 1.807) is 0 Å². The van der Waals surface area contributed by atoms with Crippen LogP contribution in [-0.2, 0) is 0 Å². The molecule has 0 radical (unpaired) electrons. The Labute approximate surface area is 99.3 Å². The van der Waals surface area contributed by atoms with Crippen molar-refractivity contribution in [1.29, 1.82) is 0 Å². The molecule has 0 N–H and O–H groups in total. The van der Waals surface area contributed by atoms with Crippen LogP contribution in [0.5, 0.6) is 5.75 Å². The van der Waals surface area contributed by atoms with Crippen molar-refractivity contribution in [2.24, 2.45) is 0 Å². The molecule has 0 aliphatic heterocycles. The van der Waals surface area contributed by atoms with Gasteiger partial charge in [0.05, 0.1) is 6.61 Å². The molecule has 0 saturated carbocycles. The van der Waals surface area contributed by atoms with Gasteiger partial charge < -0.3 is 4.74 Å². The summed E-state index contributed by atoms with van der Waals surface area (Å²) in [5.41, 5.74) is 1.11. The zero-order valence-electron chi connectivity index (χ0n) is 8.42. The lowest BCUT2D eigenvalue weighted by atomic mass is 10.2. The average molecular weight is 302 g/mol. The maximum Gasteiger partial charge on any atom is 0.120 e. The quantitative estimate of drug-likeness (QED) is 0.587. The van der Waals surface area contributed by atoms with Crippen LogP contribution in [0.1, 0.15) is 25.3 Å². The van der Waals surface area contributed by atoms with Gasteiger partial charge in [0.15, 0.2) is 0 Å². The molecule has 0 spiro atoms. The van der Waals surface area contributed by atoms with Crippen molar-refractivity contribution < 1.29 is 4.74 Å². The Balaban J connectivity index is 2.66. The van der Waals surface area contributed by atoms with Gasteiger partial charge in [0.2, 0.25) is 0 Å². The summed E-state index contributed by atoms with van der Waals surface area (Å²) in [7, 11) is 0. The zero-order chi connectivity index (χ0) is 10.4. The van der Waals surface area contributed by atoms with E-state index in [-0.39, 0.29) is 0 Å². The fraction of sp³-hybridized carbons (Fsp3) is 0.333. The SMILES string of the molecule is C=Cc1cc(I)cc(OCCCC)c1. The zero-order valence-corrected chi connectivity index (χ0v) is 10.6. The highest BCUT2D eigenvalue weighted by atomic mass is 127. The van der Waals surface area contributed by atoms with Gasteiger partial charge in [-0.15, -0.1) is 0 Å². The predicted octanol–water partition coefficient (Wildman–Crippen LogP) is 4.11. The van der Waals surface area contributed by atoms with Gasteiger partial charge in [0.25, 0.3) is 0 Å². The topological polar surface area (TPSA) is 9.23 Å². The second kappa shape index (κ2) is 6.06. The van der Waals surface area contributed by atoms with E-state index < -0.39 is 0 Å². The molecule has 0 aromatic heterocycles. The standard InChI is InChI=1S/C12H15IO/c1-3-5-6-14-12-8-10(4-2)7-11(13)9-12/h4,7-9H,2-3,5-6H2,1H3. The van der Waals surface area contributed by atoms with Gasteiger partial charge in [-0.1, -0.05) is 26.0 Å². The lowest BCUT2D eigenvalue weighted by molar-refractivity contribution is 0.309. The van der Waals surface area contributed by atoms with E-state index in [1.165, 1.54) is 3.57 Å². The second-order valence-corrected chi connectivity index (χ2v) is 4.37. The molecular formula is C12H15IO. The third kappa shape index (κ3) is 3.70. The molecular weight excluding hydrogens is 287 g/mol. The molecule has 0 bridgehead atoms. The maximum atomic E-state index is 5.62. The summed E-state index contributed by atoms with van der Waals surface area (Å²) in [6.45, 7) is 6.71. The minimum Gasteiger partial charge on any atom is -0.494 e. The van der Waals surface area contributed by atoms with Crippen molar-refractivity contribution in [3.05, 3.63) is 33.9 Å². The highest BCUT2D eigenvalue weighted by Crippen LogP contribution is 2.19. The highest BCUT2D eigenvalue weighted by Gasteiger charge is 1.97. The summed E-state index contributed by atoms with van der Waals surface area (Å²) >= 11 is 2.29. The number of ether oxygens (including phenoxy) is 1. The van der Waals surface area contributed by atoms with Crippen molar-refractivity contribution in [2.45, 2.75) is 19.8 Å². The molecule has 0 saturated heterocycles. The molecule has 0 aliphatic carbocycles. The number of hydrogen-bond acceptors (Lipinski definition) is 1. The Morgan fingerprint density at radius 3 is 2.86 bits per heavy atom. The first-order chi connectivity index (χ1) is 6.76. The molecule has 14 heavy (non-hydrogen) atoms. The summed E-state index contributed by atoms with van der Waals surface area (Å²) in [4.78, 5) is 0. The van der Waals surface area contributed by atoms with Crippen LogP contribution in [0.15, 0.2) is 24.8 Å². The largest absolute Gasteiger partial charge is 0.494 e. The van der Waals surface area contributed by atoms with Crippen LogP contribution < -0.4 is 4.74 Å². The molecule has 0 amide bonds. The van der Waals surface area contributed by atoms with Gasteiger partial charge in [0.1, 0.15) is 5.75 Å². The van der Waals surface area contributed by atoms with Gasteiger partial charge >= 0.3 is 0 Å². The number of rotatable bonds is 5. The Hall–Kier alpha value is -0.510. The van der Waals surface area contributed by atoms with Crippen LogP contribution in [0.2, 0.25) is 0 Å². The number of halogens is 1. The van der Waals surface area contributed by atoms with E-state index in [1.807, 2.05) is 18.2 Å². The summed E-state index contributed by atoms with van der Waals surface area (Å²) in [6, 6.07) is 6.15. The molecule has 76 valence electrons. The highest BCUT2D eigenvalue weighted by molar-refractivity contribution is 14.1. The van der Waals surface area contributed by atoms with E-state index in [0.29, 0.717) is 0 Å².